The predicted molar refractivity (Wildman–Crippen MR) is 56.0 cm³/mol. The SMILES string of the molecule is CCn1ncc(Br)c1[C@@]12CCC[C@H]1O2. The molecule has 14 heavy (non-hydrogen) atoms. The Morgan fingerprint density at radius 2 is 2.64 bits per heavy atom. The van der Waals surface area contributed by atoms with Gasteiger partial charge in [-0.3, -0.25) is 4.68 Å². The van der Waals surface area contributed by atoms with Crippen LogP contribution in [0.3, 0.4) is 0 Å². The number of ether oxygens (including phenoxy) is 1. The Morgan fingerprint density at radius 3 is 3.21 bits per heavy atom. The zero-order chi connectivity index (χ0) is 9.76. The summed E-state index contributed by atoms with van der Waals surface area (Å²) in [7, 11) is 0. The highest BCUT2D eigenvalue weighted by atomic mass is 79.9. The van der Waals surface area contributed by atoms with Gasteiger partial charge in [0, 0.05) is 6.54 Å². The topological polar surface area (TPSA) is 30.4 Å². The molecule has 2 aliphatic rings. The summed E-state index contributed by atoms with van der Waals surface area (Å²) in [5, 5.41) is 4.34. The molecule has 0 amide bonds. The van der Waals surface area contributed by atoms with Crippen LogP contribution >= 0.6 is 15.9 Å². The zero-order valence-electron chi connectivity index (χ0n) is 8.16. The number of nitrogens with zero attached hydrogens (tertiary/aromatic N) is 2. The summed E-state index contributed by atoms with van der Waals surface area (Å²) >= 11 is 3.57. The average molecular weight is 257 g/mol. The Morgan fingerprint density at radius 1 is 1.79 bits per heavy atom. The van der Waals surface area contributed by atoms with Gasteiger partial charge in [0.2, 0.25) is 0 Å². The van der Waals surface area contributed by atoms with Gasteiger partial charge >= 0.3 is 0 Å². The van der Waals surface area contributed by atoms with Gasteiger partial charge in [-0.15, -0.1) is 0 Å². The lowest BCUT2D eigenvalue weighted by Crippen LogP contribution is -2.15. The number of aromatic nitrogens is 2. The van der Waals surface area contributed by atoms with Gasteiger partial charge in [0.25, 0.3) is 0 Å². The molecule has 2 fully saturated rings. The second-order valence-electron chi connectivity index (χ2n) is 4.05. The summed E-state index contributed by atoms with van der Waals surface area (Å²) in [5.74, 6) is 0. The van der Waals surface area contributed by atoms with E-state index in [2.05, 4.69) is 32.6 Å². The van der Waals surface area contributed by atoms with Crippen molar-refractivity contribution >= 4 is 15.9 Å². The van der Waals surface area contributed by atoms with Crippen LogP contribution in [0, 0.1) is 0 Å². The molecule has 1 aromatic rings. The normalized spacial score (nSPS) is 34.6. The molecule has 0 N–H and O–H groups in total. The first-order valence-corrected chi connectivity index (χ1v) is 5.97. The van der Waals surface area contributed by atoms with Crippen LogP contribution in [-0.2, 0) is 16.9 Å². The molecular weight excluding hydrogens is 244 g/mol. The second-order valence-corrected chi connectivity index (χ2v) is 4.90. The highest BCUT2D eigenvalue weighted by molar-refractivity contribution is 9.10. The fourth-order valence-electron chi connectivity index (χ4n) is 2.63. The Labute approximate surface area is 91.6 Å². The van der Waals surface area contributed by atoms with E-state index in [0.717, 1.165) is 17.4 Å². The third kappa shape index (κ3) is 0.984. The summed E-state index contributed by atoms with van der Waals surface area (Å²) in [6.45, 7) is 3.03. The van der Waals surface area contributed by atoms with Crippen molar-refractivity contribution in [3.8, 4) is 0 Å². The number of halogens is 1. The Hall–Kier alpha value is -0.350. The van der Waals surface area contributed by atoms with E-state index < -0.39 is 0 Å². The summed E-state index contributed by atoms with van der Waals surface area (Å²) in [6.07, 6.45) is 5.99. The Bertz CT molecular complexity index is 376. The largest absolute Gasteiger partial charge is 0.359 e. The maximum atomic E-state index is 5.82. The molecule has 3 nitrogen and oxygen atoms in total. The summed E-state index contributed by atoms with van der Waals surface area (Å²) in [5.41, 5.74) is 1.27. The molecule has 1 aliphatic carbocycles. The number of epoxide rings is 1. The quantitative estimate of drug-likeness (QED) is 0.762. The Kier molecular flexibility index (Phi) is 1.80. The van der Waals surface area contributed by atoms with E-state index in [9.17, 15) is 0 Å². The smallest absolute Gasteiger partial charge is 0.137 e. The van der Waals surface area contributed by atoms with Crippen LogP contribution in [0.15, 0.2) is 10.7 Å². The van der Waals surface area contributed by atoms with Crippen LogP contribution < -0.4 is 0 Å². The van der Waals surface area contributed by atoms with E-state index >= 15 is 0 Å². The van der Waals surface area contributed by atoms with Crippen LogP contribution in [0.25, 0.3) is 0 Å². The summed E-state index contributed by atoms with van der Waals surface area (Å²) in [4.78, 5) is 0. The van der Waals surface area contributed by atoms with Gasteiger partial charge in [-0.05, 0) is 42.1 Å². The molecule has 2 atom stereocenters. The van der Waals surface area contributed by atoms with Crippen molar-refractivity contribution in [2.24, 2.45) is 0 Å². The van der Waals surface area contributed by atoms with Gasteiger partial charge in [0.05, 0.1) is 22.5 Å². The van der Waals surface area contributed by atoms with E-state index in [1.165, 1.54) is 18.5 Å². The summed E-state index contributed by atoms with van der Waals surface area (Å²) in [6, 6.07) is 0. The van der Waals surface area contributed by atoms with Crippen LogP contribution in [0.4, 0.5) is 0 Å². The maximum Gasteiger partial charge on any atom is 0.137 e. The third-order valence-electron chi connectivity index (χ3n) is 3.33. The van der Waals surface area contributed by atoms with Crippen molar-refractivity contribution in [2.45, 2.75) is 44.4 Å². The van der Waals surface area contributed by atoms with Crippen molar-refractivity contribution in [3.63, 3.8) is 0 Å². The number of hydrogen-bond donors (Lipinski definition) is 0. The number of hydrogen-bond acceptors (Lipinski definition) is 2. The van der Waals surface area contributed by atoms with Crippen molar-refractivity contribution in [1.82, 2.24) is 9.78 Å². The first kappa shape index (κ1) is 8.92. The van der Waals surface area contributed by atoms with E-state index in [1.807, 2.05) is 6.20 Å². The fraction of sp³-hybridized carbons (Fsp3) is 0.700. The molecule has 4 heteroatoms. The molecule has 0 unspecified atom stereocenters. The van der Waals surface area contributed by atoms with Crippen molar-refractivity contribution in [2.75, 3.05) is 0 Å². The Balaban J connectivity index is 2.07. The molecule has 1 saturated carbocycles. The number of rotatable bonds is 2. The molecule has 0 radical (unpaired) electrons. The molecule has 0 spiro atoms. The van der Waals surface area contributed by atoms with Gasteiger partial charge in [-0.2, -0.15) is 5.10 Å². The standard InChI is InChI=1S/C10H13BrN2O/c1-2-13-9(7(11)6-12-13)10-5-3-4-8(10)14-10/h6,8H,2-5H2,1H3/t8-,10-/m1/s1. The number of aryl methyl sites for hydroxylation is 1. The van der Waals surface area contributed by atoms with Gasteiger partial charge in [0.15, 0.2) is 0 Å². The second kappa shape index (κ2) is 2.83. The van der Waals surface area contributed by atoms with Crippen molar-refractivity contribution in [1.29, 1.82) is 0 Å². The molecule has 2 heterocycles. The first-order valence-electron chi connectivity index (χ1n) is 5.17. The lowest BCUT2D eigenvalue weighted by Gasteiger charge is -2.11. The lowest BCUT2D eigenvalue weighted by molar-refractivity contribution is 0.242. The van der Waals surface area contributed by atoms with Crippen LogP contribution in [0.5, 0.6) is 0 Å². The molecule has 3 rings (SSSR count). The lowest BCUT2D eigenvalue weighted by atomic mass is 10.0. The van der Waals surface area contributed by atoms with Crippen LogP contribution in [-0.4, -0.2) is 15.9 Å². The highest BCUT2D eigenvalue weighted by Gasteiger charge is 2.62. The van der Waals surface area contributed by atoms with Gasteiger partial charge in [0.1, 0.15) is 5.60 Å². The van der Waals surface area contributed by atoms with E-state index in [-0.39, 0.29) is 5.60 Å². The zero-order valence-corrected chi connectivity index (χ0v) is 9.75. The third-order valence-corrected chi connectivity index (χ3v) is 3.91. The molecule has 1 aromatic heterocycles. The highest BCUT2D eigenvalue weighted by Crippen LogP contribution is 2.58. The summed E-state index contributed by atoms with van der Waals surface area (Å²) < 4.78 is 8.97. The predicted octanol–water partition coefficient (Wildman–Crippen LogP) is 2.44. The average Bonchev–Trinajstić information content (AvgIpc) is 2.59. The first-order chi connectivity index (χ1) is 6.78. The number of fused-ring (bicyclic) bond motifs is 1. The fourth-order valence-corrected chi connectivity index (χ4v) is 3.26. The van der Waals surface area contributed by atoms with Crippen LogP contribution in [0.2, 0.25) is 0 Å². The minimum atomic E-state index is 0.0192. The molecule has 1 aliphatic heterocycles. The molecular formula is C10H13BrN2O. The molecule has 0 bridgehead atoms. The van der Waals surface area contributed by atoms with Crippen molar-refractivity contribution in [3.05, 3.63) is 16.4 Å². The van der Waals surface area contributed by atoms with Crippen molar-refractivity contribution < 1.29 is 4.74 Å². The van der Waals surface area contributed by atoms with E-state index in [4.69, 9.17) is 4.74 Å². The van der Waals surface area contributed by atoms with Gasteiger partial charge in [-0.25, -0.2) is 0 Å². The minimum Gasteiger partial charge on any atom is -0.359 e. The molecule has 76 valence electrons. The van der Waals surface area contributed by atoms with Gasteiger partial charge in [-0.1, -0.05) is 0 Å². The molecule has 1 saturated heterocycles. The van der Waals surface area contributed by atoms with Crippen LogP contribution in [0.1, 0.15) is 31.9 Å². The molecule has 0 aromatic carbocycles. The monoisotopic (exact) mass is 256 g/mol. The minimum absolute atomic E-state index is 0.0192. The van der Waals surface area contributed by atoms with E-state index in [1.54, 1.807) is 0 Å². The van der Waals surface area contributed by atoms with E-state index in [0.29, 0.717) is 6.10 Å². The van der Waals surface area contributed by atoms with Gasteiger partial charge < -0.3 is 4.74 Å². The maximum absolute atomic E-state index is 5.82.